The minimum absolute atomic E-state index is 0.171. The maximum absolute atomic E-state index is 12.6. The lowest BCUT2D eigenvalue weighted by Crippen LogP contribution is -2.33. The minimum Gasteiger partial charge on any atom is -0.427 e. The summed E-state index contributed by atoms with van der Waals surface area (Å²) < 4.78 is 6.45. The van der Waals surface area contributed by atoms with Crippen LogP contribution < -0.4 is 20.9 Å². The van der Waals surface area contributed by atoms with Gasteiger partial charge in [-0.25, -0.2) is 4.68 Å². The number of H-pyrrole nitrogens is 1. The lowest BCUT2D eigenvalue weighted by molar-refractivity contribution is -0.131. The van der Waals surface area contributed by atoms with Gasteiger partial charge in [-0.2, -0.15) is 0 Å². The highest BCUT2D eigenvalue weighted by molar-refractivity contribution is 5.69. The van der Waals surface area contributed by atoms with Crippen molar-refractivity contribution >= 4 is 18.6 Å². The summed E-state index contributed by atoms with van der Waals surface area (Å²) in [6.07, 6.45) is 1.75. The van der Waals surface area contributed by atoms with Crippen LogP contribution in [0.1, 0.15) is 12.5 Å². The zero-order valence-corrected chi connectivity index (χ0v) is 13.2. The molecule has 3 rings (SSSR count). The molecule has 0 saturated carbocycles. The van der Waals surface area contributed by atoms with E-state index in [9.17, 15) is 9.59 Å². The number of esters is 1. The quantitative estimate of drug-likeness (QED) is 0.585. The van der Waals surface area contributed by atoms with Crippen LogP contribution in [0.5, 0.6) is 5.75 Å². The maximum Gasteiger partial charge on any atom is 0.308 e. The van der Waals surface area contributed by atoms with Crippen LogP contribution >= 0.6 is 0 Å². The molecule has 0 aliphatic carbocycles. The SMILES string of the molecule is C=c1[nH]n(-c2ccccc2)c(=O)c1=Cc1ccc(OC(C)=O)cc1. The molecule has 24 heavy (non-hydrogen) atoms. The second kappa shape index (κ2) is 6.42. The number of para-hydroxylation sites is 1. The number of aromatic nitrogens is 2. The summed E-state index contributed by atoms with van der Waals surface area (Å²) in [5.74, 6) is 0.0911. The van der Waals surface area contributed by atoms with Crippen LogP contribution in [0.2, 0.25) is 0 Å². The van der Waals surface area contributed by atoms with E-state index in [1.165, 1.54) is 11.6 Å². The van der Waals surface area contributed by atoms with Gasteiger partial charge in [0.2, 0.25) is 0 Å². The Morgan fingerprint density at radius 3 is 2.42 bits per heavy atom. The lowest BCUT2D eigenvalue weighted by Gasteiger charge is -2.00. The predicted molar refractivity (Wildman–Crippen MR) is 92.5 cm³/mol. The standard InChI is InChI=1S/C19H16N2O3/c1-13-18(12-15-8-10-17(11-9-15)24-14(2)22)19(23)21(20-13)16-6-4-3-5-7-16/h3-12,20H,1H2,2H3. The molecule has 0 unspecified atom stereocenters. The molecule has 0 amide bonds. The molecule has 1 aromatic heterocycles. The summed E-state index contributed by atoms with van der Waals surface area (Å²) >= 11 is 0. The molecular weight excluding hydrogens is 304 g/mol. The van der Waals surface area contributed by atoms with Crippen molar-refractivity contribution in [2.24, 2.45) is 0 Å². The van der Waals surface area contributed by atoms with Crippen molar-refractivity contribution in [1.29, 1.82) is 0 Å². The van der Waals surface area contributed by atoms with Gasteiger partial charge in [0.15, 0.2) is 0 Å². The fourth-order valence-corrected chi connectivity index (χ4v) is 2.37. The van der Waals surface area contributed by atoms with Gasteiger partial charge in [-0.1, -0.05) is 36.9 Å². The van der Waals surface area contributed by atoms with E-state index in [0.29, 0.717) is 16.3 Å². The number of rotatable bonds is 3. The Morgan fingerprint density at radius 1 is 1.12 bits per heavy atom. The summed E-state index contributed by atoms with van der Waals surface area (Å²) in [4.78, 5) is 23.5. The van der Waals surface area contributed by atoms with Gasteiger partial charge in [0.05, 0.1) is 16.3 Å². The molecule has 0 aliphatic rings. The van der Waals surface area contributed by atoms with E-state index in [4.69, 9.17) is 4.74 Å². The Labute approximate surface area is 138 Å². The average Bonchev–Trinajstić information content (AvgIpc) is 2.85. The van der Waals surface area contributed by atoms with E-state index >= 15 is 0 Å². The smallest absolute Gasteiger partial charge is 0.308 e. The van der Waals surface area contributed by atoms with Crippen molar-refractivity contribution in [3.8, 4) is 11.4 Å². The maximum atomic E-state index is 12.6. The molecule has 0 spiro atoms. The molecule has 0 aliphatic heterocycles. The number of ether oxygens (including phenoxy) is 1. The van der Waals surface area contributed by atoms with Crippen LogP contribution in [0.4, 0.5) is 0 Å². The summed E-state index contributed by atoms with van der Waals surface area (Å²) in [7, 11) is 0. The van der Waals surface area contributed by atoms with E-state index in [2.05, 4.69) is 11.7 Å². The topological polar surface area (TPSA) is 64.1 Å². The van der Waals surface area contributed by atoms with Crippen molar-refractivity contribution in [1.82, 2.24) is 9.78 Å². The highest BCUT2D eigenvalue weighted by Crippen LogP contribution is 2.12. The normalized spacial score (nSPS) is 11.5. The van der Waals surface area contributed by atoms with Gasteiger partial charge in [0.1, 0.15) is 5.75 Å². The zero-order chi connectivity index (χ0) is 17.1. The number of carbonyl (C=O) groups excluding carboxylic acids is 1. The fraction of sp³-hybridized carbons (Fsp3) is 0.0526. The third-order valence-electron chi connectivity index (χ3n) is 3.47. The molecule has 0 atom stereocenters. The first-order valence-electron chi connectivity index (χ1n) is 7.40. The zero-order valence-electron chi connectivity index (χ0n) is 13.2. The van der Waals surface area contributed by atoms with Crippen LogP contribution in [0.15, 0.2) is 59.4 Å². The van der Waals surface area contributed by atoms with Crippen molar-refractivity contribution in [3.05, 3.63) is 81.1 Å². The Hall–Kier alpha value is -3.34. The van der Waals surface area contributed by atoms with E-state index in [1.807, 2.05) is 30.3 Å². The van der Waals surface area contributed by atoms with Crippen molar-refractivity contribution in [3.63, 3.8) is 0 Å². The molecule has 5 nitrogen and oxygen atoms in total. The first-order chi connectivity index (χ1) is 11.5. The number of hydrogen-bond acceptors (Lipinski definition) is 3. The highest BCUT2D eigenvalue weighted by atomic mass is 16.5. The number of nitrogens with zero attached hydrogens (tertiary/aromatic N) is 1. The summed E-state index contributed by atoms with van der Waals surface area (Å²) in [5.41, 5.74) is 1.39. The molecule has 1 N–H and O–H groups in total. The predicted octanol–water partition coefficient (Wildman–Crippen LogP) is 1.33. The molecule has 2 aromatic carbocycles. The van der Waals surface area contributed by atoms with Crippen molar-refractivity contribution < 1.29 is 9.53 Å². The van der Waals surface area contributed by atoms with Crippen molar-refractivity contribution in [2.75, 3.05) is 0 Å². The van der Waals surface area contributed by atoms with Gasteiger partial charge in [0, 0.05) is 6.92 Å². The summed E-state index contributed by atoms with van der Waals surface area (Å²) in [5, 5.41) is 4.00. The van der Waals surface area contributed by atoms with Crippen LogP contribution in [-0.4, -0.2) is 15.7 Å². The van der Waals surface area contributed by atoms with Gasteiger partial charge in [-0.15, -0.1) is 0 Å². The molecule has 0 bridgehead atoms. The first kappa shape index (κ1) is 15.6. The lowest BCUT2D eigenvalue weighted by atomic mass is 10.2. The number of hydrogen-bond donors (Lipinski definition) is 1. The number of carbonyl (C=O) groups is 1. The van der Waals surface area contributed by atoms with Gasteiger partial charge in [-0.3, -0.25) is 14.7 Å². The van der Waals surface area contributed by atoms with Crippen LogP contribution in [0.3, 0.4) is 0 Å². The van der Waals surface area contributed by atoms with E-state index in [0.717, 1.165) is 11.3 Å². The molecule has 1 heterocycles. The number of nitrogens with one attached hydrogen (secondary N) is 1. The molecule has 0 fully saturated rings. The third kappa shape index (κ3) is 3.20. The van der Waals surface area contributed by atoms with E-state index < -0.39 is 0 Å². The monoisotopic (exact) mass is 320 g/mol. The third-order valence-corrected chi connectivity index (χ3v) is 3.47. The largest absolute Gasteiger partial charge is 0.427 e. The second-order valence-corrected chi connectivity index (χ2v) is 5.29. The average molecular weight is 320 g/mol. The Kier molecular flexibility index (Phi) is 4.16. The Morgan fingerprint density at radius 2 is 1.79 bits per heavy atom. The molecule has 0 radical (unpaired) electrons. The summed E-state index contributed by atoms with van der Waals surface area (Å²) in [6.45, 7) is 5.25. The number of aromatic amines is 1. The summed E-state index contributed by atoms with van der Waals surface area (Å²) in [6, 6.07) is 16.2. The molecular formula is C19H16N2O3. The molecule has 0 saturated heterocycles. The second-order valence-electron chi connectivity index (χ2n) is 5.29. The minimum atomic E-state index is -0.372. The van der Waals surface area contributed by atoms with Crippen LogP contribution in [0, 0.1) is 0 Å². The van der Waals surface area contributed by atoms with Gasteiger partial charge >= 0.3 is 5.97 Å². The van der Waals surface area contributed by atoms with Gasteiger partial charge in [0.25, 0.3) is 5.56 Å². The van der Waals surface area contributed by atoms with Crippen LogP contribution in [-0.2, 0) is 4.79 Å². The number of benzene rings is 2. The Bertz CT molecular complexity index is 1030. The molecule has 3 aromatic rings. The first-order valence-corrected chi connectivity index (χ1v) is 7.40. The van der Waals surface area contributed by atoms with Gasteiger partial charge in [-0.05, 0) is 35.9 Å². The van der Waals surface area contributed by atoms with E-state index in [-0.39, 0.29) is 11.5 Å². The Balaban J connectivity index is 2.02. The molecule has 5 heteroatoms. The highest BCUT2D eigenvalue weighted by Gasteiger charge is 2.04. The van der Waals surface area contributed by atoms with Gasteiger partial charge < -0.3 is 4.74 Å². The fourth-order valence-electron chi connectivity index (χ4n) is 2.37. The molecule has 120 valence electrons. The van der Waals surface area contributed by atoms with Crippen LogP contribution in [0.25, 0.3) is 18.3 Å². The van der Waals surface area contributed by atoms with Crippen molar-refractivity contribution in [2.45, 2.75) is 6.92 Å². The van der Waals surface area contributed by atoms with E-state index in [1.54, 1.807) is 30.3 Å².